The van der Waals surface area contributed by atoms with E-state index in [4.69, 9.17) is 9.84 Å². The van der Waals surface area contributed by atoms with Gasteiger partial charge in [0.05, 0.1) is 13.4 Å². The third-order valence-corrected chi connectivity index (χ3v) is 3.23. The van der Waals surface area contributed by atoms with Crippen molar-refractivity contribution in [3.8, 4) is 5.75 Å². The van der Waals surface area contributed by atoms with E-state index in [0.717, 1.165) is 15.8 Å². The molecule has 2 aromatic rings. The largest absolute Gasteiger partial charge is 0.497 e. The fraction of sp³-hybridized carbons (Fsp3) is 0.167. The smallest absolute Gasteiger partial charge is 0.356 e. The maximum atomic E-state index is 10.7. The number of imidazole rings is 1. The molecule has 1 aromatic heterocycles. The SMILES string of the molecule is COc1ccc(Br)c(Cn2cnc(C(=O)O)c2)c1. The van der Waals surface area contributed by atoms with Crippen molar-refractivity contribution in [3.05, 3.63) is 46.5 Å². The van der Waals surface area contributed by atoms with Gasteiger partial charge < -0.3 is 14.4 Å². The van der Waals surface area contributed by atoms with Crippen LogP contribution in [0.15, 0.2) is 35.2 Å². The van der Waals surface area contributed by atoms with Gasteiger partial charge in [-0.2, -0.15) is 0 Å². The molecule has 0 bridgehead atoms. The van der Waals surface area contributed by atoms with E-state index < -0.39 is 5.97 Å². The minimum Gasteiger partial charge on any atom is -0.497 e. The fourth-order valence-corrected chi connectivity index (χ4v) is 1.92. The van der Waals surface area contributed by atoms with E-state index in [-0.39, 0.29) is 5.69 Å². The van der Waals surface area contributed by atoms with Gasteiger partial charge in [-0.05, 0) is 23.8 Å². The molecule has 1 N–H and O–H groups in total. The van der Waals surface area contributed by atoms with E-state index in [9.17, 15) is 4.79 Å². The predicted octanol–water partition coefficient (Wildman–Crippen LogP) is 2.40. The second-order valence-electron chi connectivity index (χ2n) is 3.69. The number of hydrogen-bond acceptors (Lipinski definition) is 3. The molecule has 1 heterocycles. The number of carboxylic acid groups (broad SMARTS) is 1. The lowest BCUT2D eigenvalue weighted by atomic mass is 10.2. The Bertz CT molecular complexity index is 580. The summed E-state index contributed by atoms with van der Waals surface area (Å²) in [6, 6.07) is 5.64. The highest BCUT2D eigenvalue weighted by Gasteiger charge is 2.08. The van der Waals surface area contributed by atoms with Crippen LogP contribution < -0.4 is 4.74 Å². The van der Waals surface area contributed by atoms with E-state index in [0.29, 0.717) is 6.54 Å². The third kappa shape index (κ3) is 2.70. The van der Waals surface area contributed by atoms with Crippen LogP contribution in [-0.2, 0) is 6.54 Å². The average Bonchev–Trinajstić information content (AvgIpc) is 2.81. The van der Waals surface area contributed by atoms with Crippen LogP contribution in [-0.4, -0.2) is 27.7 Å². The summed E-state index contributed by atoms with van der Waals surface area (Å²) >= 11 is 3.45. The highest BCUT2D eigenvalue weighted by atomic mass is 79.9. The quantitative estimate of drug-likeness (QED) is 0.942. The molecule has 0 fully saturated rings. The Kier molecular flexibility index (Phi) is 3.66. The van der Waals surface area contributed by atoms with Gasteiger partial charge in [-0.15, -0.1) is 0 Å². The highest BCUT2D eigenvalue weighted by Crippen LogP contribution is 2.23. The number of benzene rings is 1. The molecular weight excluding hydrogens is 300 g/mol. The van der Waals surface area contributed by atoms with E-state index in [1.807, 2.05) is 18.2 Å². The van der Waals surface area contributed by atoms with Crippen LogP contribution in [0.4, 0.5) is 0 Å². The molecule has 2 rings (SSSR count). The van der Waals surface area contributed by atoms with Crippen LogP contribution in [0.3, 0.4) is 0 Å². The number of methoxy groups -OCH3 is 1. The molecule has 18 heavy (non-hydrogen) atoms. The van der Waals surface area contributed by atoms with Crippen molar-refractivity contribution < 1.29 is 14.6 Å². The lowest BCUT2D eigenvalue weighted by molar-refractivity contribution is 0.0691. The van der Waals surface area contributed by atoms with Crippen molar-refractivity contribution >= 4 is 21.9 Å². The van der Waals surface area contributed by atoms with Crippen LogP contribution in [0, 0.1) is 0 Å². The van der Waals surface area contributed by atoms with Crippen LogP contribution >= 0.6 is 15.9 Å². The van der Waals surface area contributed by atoms with Gasteiger partial charge in [-0.3, -0.25) is 0 Å². The lowest BCUT2D eigenvalue weighted by Crippen LogP contribution is -1.99. The zero-order valence-corrected chi connectivity index (χ0v) is 11.2. The minimum absolute atomic E-state index is 0.0361. The average molecular weight is 311 g/mol. The van der Waals surface area contributed by atoms with Gasteiger partial charge in [0.25, 0.3) is 0 Å². The van der Waals surface area contributed by atoms with E-state index in [1.165, 1.54) is 12.5 Å². The molecular formula is C12H11BrN2O3. The van der Waals surface area contributed by atoms with Crippen LogP contribution in [0.2, 0.25) is 0 Å². The summed E-state index contributed by atoms with van der Waals surface area (Å²) in [4.78, 5) is 14.5. The Labute approximate surface area is 112 Å². The monoisotopic (exact) mass is 310 g/mol. The first-order chi connectivity index (χ1) is 8.60. The molecule has 1 aromatic carbocycles. The van der Waals surface area contributed by atoms with Gasteiger partial charge in [0.15, 0.2) is 5.69 Å². The minimum atomic E-state index is -1.03. The molecule has 0 amide bonds. The number of nitrogens with zero attached hydrogens (tertiary/aromatic N) is 2. The molecule has 5 nitrogen and oxygen atoms in total. The molecule has 0 aliphatic carbocycles. The lowest BCUT2D eigenvalue weighted by Gasteiger charge is -2.07. The summed E-state index contributed by atoms with van der Waals surface area (Å²) in [7, 11) is 1.60. The summed E-state index contributed by atoms with van der Waals surface area (Å²) in [5.74, 6) is -0.273. The van der Waals surface area contributed by atoms with Crippen LogP contribution in [0.1, 0.15) is 16.1 Å². The Balaban J connectivity index is 2.24. The molecule has 0 aliphatic rings. The third-order valence-electron chi connectivity index (χ3n) is 2.46. The molecule has 0 radical (unpaired) electrons. The molecule has 0 atom stereocenters. The maximum Gasteiger partial charge on any atom is 0.356 e. The van der Waals surface area contributed by atoms with Crippen molar-refractivity contribution in [3.63, 3.8) is 0 Å². The molecule has 0 saturated heterocycles. The summed E-state index contributed by atoms with van der Waals surface area (Å²) in [5, 5.41) is 8.80. The highest BCUT2D eigenvalue weighted by molar-refractivity contribution is 9.10. The van der Waals surface area contributed by atoms with Crippen molar-refractivity contribution in [2.24, 2.45) is 0 Å². The number of halogens is 1. The zero-order valence-electron chi connectivity index (χ0n) is 9.63. The molecule has 6 heteroatoms. The van der Waals surface area contributed by atoms with Gasteiger partial charge in [0.2, 0.25) is 0 Å². The van der Waals surface area contributed by atoms with Crippen molar-refractivity contribution in [2.45, 2.75) is 6.54 Å². The van der Waals surface area contributed by atoms with Gasteiger partial charge in [-0.25, -0.2) is 9.78 Å². The van der Waals surface area contributed by atoms with Crippen LogP contribution in [0.25, 0.3) is 0 Å². The van der Waals surface area contributed by atoms with Crippen molar-refractivity contribution in [1.82, 2.24) is 9.55 Å². The second-order valence-corrected chi connectivity index (χ2v) is 4.55. The zero-order chi connectivity index (χ0) is 13.1. The Morgan fingerprint density at radius 2 is 2.33 bits per heavy atom. The standard InChI is InChI=1S/C12H11BrN2O3/c1-18-9-2-3-10(13)8(4-9)5-15-6-11(12(16)17)14-7-15/h2-4,6-7H,5H2,1H3,(H,16,17). The van der Waals surface area contributed by atoms with Crippen molar-refractivity contribution in [1.29, 1.82) is 0 Å². The van der Waals surface area contributed by atoms with Gasteiger partial charge in [0.1, 0.15) is 5.75 Å². The number of ether oxygens (including phenoxy) is 1. The van der Waals surface area contributed by atoms with E-state index >= 15 is 0 Å². The normalized spacial score (nSPS) is 10.3. The molecule has 0 aliphatic heterocycles. The summed E-state index contributed by atoms with van der Waals surface area (Å²) in [5.41, 5.74) is 1.03. The first-order valence-corrected chi connectivity index (χ1v) is 5.97. The van der Waals surface area contributed by atoms with Crippen molar-refractivity contribution in [2.75, 3.05) is 7.11 Å². The van der Waals surface area contributed by atoms with Gasteiger partial charge in [0, 0.05) is 17.2 Å². The molecule has 0 spiro atoms. The topological polar surface area (TPSA) is 64.4 Å². The predicted molar refractivity (Wildman–Crippen MR) is 69.0 cm³/mol. The van der Waals surface area contributed by atoms with E-state index in [2.05, 4.69) is 20.9 Å². The Morgan fingerprint density at radius 1 is 1.56 bits per heavy atom. The maximum absolute atomic E-state index is 10.7. The number of aromatic nitrogens is 2. The second kappa shape index (κ2) is 5.22. The Hall–Kier alpha value is -1.82. The fourth-order valence-electron chi connectivity index (χ4n) is 1.55. The summed E-state index contributed by atoms with van der Waals surface area (Å²) in [6.07, 6.45) is 2.99. The Morgan fingerprint density at radius 3 is 2.94 bits per heavy atom. The van der Waals surface area contributed by atoms with Gasteiger partial charge in [-0.1, -0.05) is 15.9 Å². The first kappa shape index (κ1) is 12.6. The first-order valence-electron chi connectivity index (χ1n) is 5.17. The molecule has 94 valence electrons. The number of aromatic carboxylic acids is 1. The number of carboxylic acids is 1. The molecule has 0 saturated carbocycles. The molecule has 0 unspecified atom stereocenters. The summed E-state index contributed by atoms with van der Waals surface area (Å²) < 4.78 is 7.80. The number of carbonyl (C=O) groups is 1. The number of rotatable bonds is 4. The van der Waals surface area contributed by atoms with Gasteiger partial charge >= 0.3 is 5.97 Å². The van der Waals surface area contributed by atoms with E-state index in [1.54, 1.807) is 11.7 Å². The van der Waals surface area contributed by atoms with Crippen LogP contribution in [0.5, 0.6) is 5.75 Å². The summed E-state index contributed by atoms with van der Waals surface area (Å²) in [6.45, 7) is 0.526. The number of hydrogen-bond donors (Lipinski definition) is 1.